The summed E-state index contributed by atoms with van der Waals surface area (Å²) in [5, 5.41) is 5.13. The minimum Gasteiger partial charge on any atom is -0.497 e. The Morgan fingerprint density at radius 1 is 0.861 bits per heavy atom. The minimum absolute atomic E-state index is 0.233. The summed E-state index contributed by atoms with van der Waals surface area (Å²) >= 11 is 0. The number of rotatable bonds is 10. The van der Waals surface area contributed by atoms with E-state index in [1.165, 1.54) is 14.2 Å². The molecule has 2 N–H and O–H groups in total. The van der Waals surface area contributed by atoms with Crippen LogP contribution in [0, 0.1) is 0 Å². The molecule has 0 saturated heterocycles. The molecule has 0 radical (unpaired) electrons. The number of nitrogens with one attached hydrogen (secondary N) is 2. The van der Waals surface area contributed by atoms with Gasteiger partial charge in [-0.25, -0.2) is 0 Å². The molecule has 0 fully saturated rings. The molecule has 0 aliphatic carbocycles. The average Bonchev–Trinajstić information content (AvgIpc) is 2.90. The number of carbonyl (C=O) groups is 4. The van der Waals surface area contributed by atoms with Crippen LogP contribution in [0.3, 0.4) is 0 Å². The van der Waals surface area contributed by atoms with Crippen LogP contribution in [0.5, 0.6) is 5.75 Å². The zero-order chi connectivity index (χ0) is 25.9. The maximum absolute atomic E-state index is 12.3. The molecule has 3 rings (SSSR count). The molecule has 186 valence electrons. The first-order valence-corrected chi connectivity index (χ1v) is 11.1. The highest BCUT2D eigenvalue weighted by Crippen LogP contribution is 2.19. The number of benzene rings is 3. The van der Waals surface area contributed by atoms with Crippen molar-refractivity contribution in [1.82, 2.24) is 10.2 Å². The van der Waals surface area contributed by atoms with E-state index >= 15 is 0 Å². The van der Waals surface area contributed by atoms with Gasteiger partial charge in [-0.3, -0.25) is 19.2 Å². The zero-order valence-corrected chi connectivity index (χ0v) is 20.0. The Labute approximate surface area is 209 Å². The molecular weight excluding hydrogens is 462 g/mol. The molecule has 3 aromatic rings. The lowest BCUT2D eigenvalue weighted by molar-refractivity contribution is -0.150. The summed E-state index contributed by atoms with van der Waals surface area (Å²) in [6.45, 7) is -1.18. The molecule has 3 amide bonds. The largest absolute Gasteiger partial charge is 0.497 e. The molecule has 0 aliphatic rings. The first kappa shape index (κ1) is 26.0. The predicted molar refractivity (Wildman–Crippen MR) is 134 cm³/mol. The first-order valence-electron chi connectivity index (χ1n) is 11.1. The van der Waals surface area contributed by atoms with Gasteiger partial charge in [-0.05, 0) is 35.4 Å². The van der Waals surface area contributed by atoms with Crippen molar-refractivity contribution in [2.75, 3.05) is 39.2 Å². The third-order valence-electron chi connectivity index (χ3n) is 5.16. The number of ether oxygens (including phenoxy) is 2. The van der Waals surface area contributed by atoms with E-state index in [1.54, 1.807) is 36.4 Å². The van der Waals surface area contributed by atoms with Gasteiger partial charge in [-0.15, -0.1) is 0 Å². The highest BCUT2D eigenvalue weighted by Gasteiger charge is 2.16. The number of amides is 3. The Bertz CT molecular complexity index is 1210. The Morgan fingerprint density at radius 2 is 1.56 bits per heavy atom. The third-order valence-corrected chi connectivity index (χ3v) is 5.16. The molecule has 0 heterocycles. The molecule has 36 heavy (non-hydrogen) atoms. The fraction of sp³-hybridized carbons (Fsp3) is 0.185. The van der Waals surface area contributed by atoms with Crippen molar-refractivity contribution in [3.8, 4) is 16.9 Å². The van der Waals surface area contributed by atoms with E-state index in [1.807, 2.05) is 42.5 Å². The van der Waals surface area contributed by atoms with Crippen LogP contribution in [0.25, 0.3) is 11.1 Å². The van der Waals surface area contributed by atoms with Gasteiger partial charge in [-0.2, -0.15) is 0 Å². The molecule has 0 aromatic heterocycles. The molecule has 0 bridgehead atoms. The lowest BCUT2D eigenvalue weighted by Gasteiger charge is -2.17. The maximum atomic E-state index is 12.3. The lowest BCUT2D eigenvalue weighted by atomic mass is 10.0. The van der Waals surface area contributed by atoms with E-state index in [9.17, 15) is 19.2 Å². The van der Waals surface area contributed by atoms with Crippen molar-refractivity contribution in [2.45, 2.75) is 0 Å². The summed E-state index contributed by atoms with van der Waals surface area (Å²) in [7, 11) is 2.94. The molecule has 9 heteroatoms. The predicted octanol–water partition coefficient (Wildman–Crippen LogP) is 2.73. The molecule has 0 spiro atoms. The van der Waals surface area contributed by atoms with Crippen LogP contribution < -0.4 is 15.4 Å². The summed E-state index contributed by atoms with van der Waals surface area (Å²) in [4.78, 5) is 49.8. The van der Waals surface area contributed by atoms with Gasteiger partial charge in [-0.1, -0.05) is 48.5 Å². The van der Waals surface area contributed by atoms with E-state index < -0.39 is 36.8 Å². The summed E-state index contributed by atoms with van der Waals surface area (Å²) in [6, 6.07) is 23.5. The Morgan fingerprint density at radius 3 is 2.25 bits per heavy atom. The summed E-state index contributed by atoms with van der Waals surface area (Å²) in [5.41, 5.74) is 2.91. The second kappa shape index (κ2) is 12.7. The van der Waals surface area contributed by atoms with Gasteiger partial charge in [0, 0.05) is 24.4 Å². The summed E-state index contributed by atoms with van der Waals surface area (Å²) in [5.74, 6) is -1.61. The molecule has 0 atom stereocenters. The van der Waals surface area contributed by atoms with Crippen molar-refractivity contribution in [2.24, 2.45) is 0 Å². The van der Waals surface area contributed by atoms with Crippen molar-refractivity contribution in [1.29, 1.82) is 0 Å². The molecule has 3 aromatic carbocycles. The van der Waals surface area contributed by atoms with Crippen molar-refractivity contribution < 1.29 is 28.7 Å². The molecule has 0 unspecified atom stereocenters. The summed E-state index contributed by atoms with van der Waals surface area (Å²) < 4.78 is 10.0. The number of esters is 1. The van der Waals surface area contributed by atoms with Crippen molar-refractivity contribution in [3.63, 3.8) is 0 Å². The highest BCUT2D eigenvalue weighted by atomic mass is 16.5. The Kier molecular flexibility index (Phi) is 9.16. The molecular formula is C27H27N3O6. The van der Waals surface area contributed by atoms with Gasteiger partial charge in [0.05, 0.1) is 13.7 Å². The zero-order valence-electron chi connectivity index (χ0n) is 20.0. The monoisotopic (exact) mass is 489 g/mol. The number of nitrogens with zero attached hydrogens (tertiary/aromatic N) is 1. The van der Waals surface area contributed by atoms with Crippen LogP contribution >= 0.6 is 0 Å². The van der Waals surface area contributed by atoms with E-state index in [0.29, 0.717) is 17.0 Å². The van der Waals surface area contributed by atoms with Crippen LogP contribution in [0.2, 0.25) is 0 Å². The van der Waals surface area contributed by atoms with Gasteiger partial charge >= 0.3 is 5.97 Å². The maximum Gasteiger partial charge on any atom is 0.325 e. The Hall–Kier alpha value is -4.66. The topological polar surface area (TPSA) is 114 Å². The minimum atomic E-state index is -0.771. The van der Waals surface area contributed by atoms with E-state index in [-0.39, 0.29) is 6.54 Å². The number of likely N-dealkylation sites (N-methyl/N-ethyl adjacent to an activating group) is 1. The van der Waals surface area contributed by atoms with E-state index in [0.717, 1.165) is 16.0 Å². The number of hydrogen-bond donors (Lipinski definition) is 2. The SMILES string of the molecule is COc1cccc(NC(=O)CN(C)C(=O)COC(=O)CNC(=O)c2ccc(-c3ccccc3)cc2)c1. The van der Waals surface area contributed by atoms with Gasteiger partial charge in [0.1, 0.15) is 12.3 Å². The van der Waals surface area contributed by atoms with Gasteiger partial charge in [0.2, 0.25) is 5.91 Å². The van der Waals surface area contributed by atoms with Crippen molar-refractivity contribution >= 4 is 29.4 Å². The van der Waals surface area contributed by atoms with Crippen LogP contribution in [-0.2, 0) is 19.1 Å². The van der Waals surface area contributed by atoms with Gasteiger partial charge in [0.15, 0.2) is 6.61 Å². The van der Waals surface area contributed by atoms with Crippen LogP contribution in [0.4, 0.5) is 5.69 Å². The average molecular weight is 490 g/mol. The first-order chi connectivity index (χ1) is 17.4. The quantitative estimate of drug-likeness (QED) is 0.424. The van der Waals surface area contributed by atoms with Crippen LogP contribution in [0.15, 0.2) is 78.9 Å². The van der Waals surface area contributed by atoms with Gasteiger partial charge < -0.3 is 25.0 Å². The third kappa shape index (κ3) is 7.69. The molecule has 0 aliphatic heterocycles. The van der Waals surface area contributed by atoms with E-state index in [4.69, 9.17) is 9.47 Å². The normalized spacial score (nSPS) is 10.2. The summed E-state index contributed by atoms with van der Waals surface area (Å²) in [6.07, 6.45) is 0. The second-order valence-corrected chi connectivity index (χ2v) is 7.82. The van der Waals surface area contributed by atoms with Crippen LogP contribution in [0.1, 0.15) is 10.4 Å². The number of carbonyl (C=O) groups excluding carboxylic acids is 4. The Balaban J connectivity index is 1.38. The second-order valence-electron chi connectivity index (χ2n) is 7.82. The fourth-order valence-corrected chi connectivity index (χ4v) is 3.21. The smallest absolute Gasteiger partial charge is 0.325 e. The fourth-order valence-electron chi connectivity index (χ4n) is 3.21. The number of methoxy groups -OCH3 is 1. The highest BCUT2D eigenvalue weighted by molar-refractivity contribution is 5.97. The molecule has 9 nitrogen and oxygen atoms in total. The standard InChI is InChI=1S/C27H27N3O6/c1-30(17-24(31)29-22-9-6-10-23(15-22)35-2)25(32)18-36-26(33)16-28-27(34)21-13-11-20(12-14-21)19-7-4-3-5-8-19/h3-15H,16-18H2,1-2H3,(H,28,34)(H,29,31). The lowest BCUT2D eigenvalue weighted by Crippen LogP contribution is -2.38. The van der Waals surface area contributed by atoms with Crippen LogP contribution in [-0.4, -0.2) is 62.4 Å². The van der Waals surface area contributed by atoms with E-state index in [2.05, 4.69) is 10.6 Å². The molecule has 0 saturated carbocycles. The van der Waals surface area contributed by atoms with Gasteiger partial charge in [0.25, 0.3) is 11.8 Å². The number of anilines is 1. The number of hydrogen-bond acceptors (Lipinski definition) is 6. The van der Waals surface area contributed by atoms with Crippen molar-refractivity contribution in [3.05, 3.63) is 84.4 Å².